The summed E-state index contributed by atoms with van der Waals surface area (Å²) in [5.74, 6) is -0.0944. The normalized spacial score (nSPS) is 23.8. The summed E-state index contributed by atoms with van der Waals surface area (Å²) in [5.41, 5.74) is 1.93. The second-order valence-electron chi connectivity index (χ2n) is 13.3. The van der Waals surface area contributed by atoms with Crippen molar-refractivity contribution in [1.82, 2.24) is 30.0 Å². The first-order chi connectivity index (χ1) is 24.4. The SMILES string of the molecule is CC.CO.COc1nc(-c2c(C)c(Cl)cc3[nH]ncc23)c(F)c2nc(OCC34CCCC3N(C3CC3)CCC4)nc(N3CCOCC(O)C3)c12. The van der Waals surface area contributed by atoms with E-state index in [0.717, 1.165) is 32.9 Å². The maximum Gasteiger partial charge on any atom is 0.319 e. The third kappa shape index (κ3) is 6.70. The van der Waals surface area contributed by atoms with E-state index in [1.54, 1.807) is 12.3 Å². The molecule has 0 spiro atoms. The monoisotopic (exact) mass is 713 g/mol. The summed E-state index contributed by atoms with van der Waals surface area (Å²) in [4.78, 5) is 18.9. The molecule has 14 heteroatoms. The summed E-state index contributed by atoms with van der Waals surface area (Å²) in [6, 6.07) is 3.05. The highest BCUT2D eigenvalue weighted by Crippen LogP contribution is 2.51. The van der Waals surface area contributed by atoms with Crippen LogP contribution in [0.3, 0.4) is 0 Å². The molecule has 4 aromatic rings. The van der Waals surface area contributed by atoms with Gasteiger partial charge in [0.15, 0.2) is 5.82 Å². The number of pyridine rings is 1. The van der Waals surface area contributed by atoms with Gasteiger partial charge >= 0.3 is 6.01 Å². The molecular weight excluding hydrogens is 665 g/mol. The number of aliphatic hydroxyl groups excluding tert-OH is 2. The molecule has 3 unspecified atom stereocenters. The van der Waals surface area contributed by atoms with Crippen LogP contribution in [0.15, 0.2) is 12.3 Å². The van der Waals surface area contributed by atoms with Gasteiger partial charge in [-0.05, 0) is 63.6 Å². The Morgan fingerprint density at radius 2 is 1.90 bits per heavy atom. The van der Waals surface area contributed by atoms with Crippen molar-refractivity contribution in [2.24, 2.45) is 5.41 Å². The Bertz CT molecular complexity index is 1810. The highest BCUT2D eigenvalue weighted by Gasteiger charge is 2.51. The largest absolute Gasteiger partial charge is 0.480 e. The van der Waals surface area contributed by atoms with E-state index < -0.39 is 11.9 Å². The lowest BCUT2D eigenvalue weighted by molar-refractivity contribution is -0.00466. The van der Waals surface area contributed by atoms with Gasteiger partial charge in [0.05, 0.1) is 44.7 Å². The van der Waals surface area contributed by atoms with Crippen molar-refractivity contribution in [3.05, 3.63) is 28.7 Å². The fourth-order valence-corrected chi connectivity index (χ4v) is 8.36. The van der Waals surface area contributed by atoms with Gasteiger partial charge in [0.2, 0.25) is 5.88 Å². The number of hydrogen-bond acceptors (Lipinski definition) is 11. The smallest absolute Gasteiger partial charge is 0.319 e. The van der Waals surface area contributed by atoms with Crippen LogP contribution >= 0.6 is 11.6 Å². The molecule has 0 radical (unpaired) electrons. The lowest BCUT2D eigenvalue weighted by Gasteiger charge is -2.46. The van der Waals surface area contributed by atoms with Crippen molar-refractivity contribution < 1.29 is 28.8 Å². The number of rotatable bonds is 7. The number of fused-ring (bicyclic) bond motifs is 3. The number of piperidine rings is 1. The van der Waals surface area contributed by atoms with Crippen LogP contribution in [-0.2, 0) is 4.74 Å². The molecule has 2 saturated carbocycles. The van der Waals surface area contributed by atoms with Crippen LogP contribution in [0.5, 0.6) is 11.9 Å². The summed E-state index contributed by atoms with van der Waals surface area (Å²) in [5, 5.41) is 26.2. The van der Waals surface area contributed by atoms with Gasteiger partial charge in [-0.1, -0.05) is 31.9 Å². The summed E-state index contributed by atoms with van der Waals surface area (Å²) >= 11 is 6.60. The fraction of sp³-hybridized carbons (Fsp3) is 0.611. The average molecular weight is 714 g/mol. The minimum atomic E-state index is -0.753. The molecule has 3 N–H and O–H groups in total. The Hall–Kier alpha value is -3.36. The molecule has 12 nitrogen and oxygen atoms in total. The lowest BCUT2D eigenvalue weighted by atomic mass is 9.75. The molecule has 2 aliphatic carbocycles. The van der Waals surface area contributed by atoms with Crippen molar-refractivity contribution in [1.29, 1.82) is 0 Å². The van der Waals surface area contributed by atoms with Gasteiger partial charge in [0.1, 0.15) is 22.4 Å². The van der Waals surface area contributed by atoms with Crippen LogP contribution in [0.25, 0.3) is 33.1 Å². The number of benzene rings is 1. The number of nitrogens with one attached hydrogen (secondary N) is 1. The molecule has 4 aliphatic rings. The fourth-order valence-electron chi connectivity index (χ4n) is 8.15. The van der Waals surface area contributed by atoms with Gasteiger partial charge in [-0.2, -0.15) is 15.1 Å². The highest BCUT2D eigenvalue weighted by molar-refractivity contribution is 6.33. The standard InChI is InChI=1S/C33H39ClFN7O4.C2H6.CH4O/c1-18-22(34)13-23-21(14-36-40-23)25(18)28-27(35)29-26(31(37-28)44-2)30(41-11-12-45-16-20(43)15-41)39-32(38-29)46-17-33-8-3-5-24(33)42(10-4-9-33)19-6-7-19;2*1-2/h13-14,19-20,24,43H,3-12,15-17H2,1-2H3,(H,36,40);1-2H3;2H,1H3. The zero-order valence-electron chi connectivity index (χ0n) is 29.6. The van der Waals surface area contributed by atoms with E-state index in [1.807, 2.05) is 25.7 Å². The van der Waals surface area contributed by atoms with Crippen LogP contribution < -0.4 is 14.4 Å². The Labute approximate surface area is 297 Å². The van der Waals surface area contributed by atoms with E-state index in [0.29, 0.717) is 70.1 Å². The molecule has 50 heavy (non-hydrogen) atoms. The van der Waals surface area contributed by atoms with Crippen LogP contribution in [-0.4, -0.2) is 112 Å². The van der Waals surface area contributed by atoms with Gasteiger partial charge in [0, 0.05) is 53.7 Å². The van der Waals surface area contributed by atoms with Crippen LogP contribution in [0.2, 0.25) is 5.02 Å². The van der Waals surface area contributed by atoms with E-state index in [9.17, 15) is 5.11 Å². The molecule has 1 aromatic carbocycles. The quantitative estimate of drug-likeness (QED) is 0.218. The maximum atomic E-state index is 17.0. The second kappa shape index (κ2) is 15.5. The maximum absolute atomic E-state index is 17.0. The van der Waals surface area contributed by atoms with E-state index in [-0.39, 0.29) is 41.7 Å². The molecule has 4 fully saturated rings. The first-order valence-electron chi connectivity index (χ1n) is 17.8. The summed E-state index contributed by atoms with van der Waals surface area (Å²) < 4.78 is 35.0. The number of ether oxygens (including phenoxy) is 3. The number of likely N-dealkylation sites (tertiary alicyclic amines) is 1. The predicted octanol–water partition coefficient (Wildman–Crippen LogP) is 5.69. The molecular formula is C36H49ClFN7O5. The van der Waals surface area contributed by atoms with Crippen molar-refractivity contribution >= 4 is 39.2 Å². The molecule has 0 amide bonds. The zero-order chi connectivity index (χ0) is 35.6. The Morgan fingerprint density at radius 1 is 1.12 bits per heavy atom. The second-order valence-corrected chi connectivity index (χ2v) is 13.7. The zero-order valence-corrected chi connectivity index (χ0v) is 30.4. The summed E-state index contributed by atoms with van der Waals surface area (Å²) in [6.45, 7) is 8.69. The minimum Gasteiger partial charge on any atom is -0.480 e. The van der Waals surface area contributed by atoms with Crippen molar-refractivity contribution in [3.8, 4) is 23.1 Å². The topological polar surface area (TPSA) is 142 Å². The van der Waals surface area contributed by atoms with Gasteiger partial charge in [-0.15, -0.1) is 0 Å². The van der Waals surface area contributed by atoms with Crippen LogP contribution in [0, 0.1) is 18.2 Å². The first-order valence-corrected chi connectivity index (χ1v) is 18.2. The molecule has 2 saturated heterocycles. The summed E-state index contributed by atoms with van der Waals surface area (Å²) in [6.07, 6.45) is 9.15. The molecule has 5 heterocycles. The van der Waals surface area contributed by atoms with E-state index in [1.165, 1.54) is 32.8 Å². The number of β-amino-alcohol motifs (C(OH)–C–C–N with tert-alkyl or cyclic N) is 1. The van der Waals surface area contributed by atoms with Crippen molar-refractivity contribution in [3.63, 3.8) is 0 Å². The molecule has 2 aliphatic heterocycles. The number of aromatic nitrogens is 5. The van der Waals surface area contributed by atoms with Gasteiger partial charge in [-0.25, -0.2) is 9.37 Å². The van der Waals surface area contributed by atoms with Crippen molar-refractivity contribution in [2.75, 3.05) is 58.6 Å². The molecule has 3 aromatic heterocycles. The number of aromatic amines is 1. The van der Waals surface area contributed by atoms with Crippen LogP contribution in [0.4, 0.5) is 10.2 Å². The van der Waals surface area contributed by atoms with Gasteiger partial charge < -0.3 is 29.3 Å². The molecule has 0 bridgehead atoms. The number of anilines is 1. The Balaban J connectivity index is 0.00000104. The van der Waals surface area contributed by atoms with Gasteiger partial charge in [-0.3, -0.25) is 10.00 Å². The summed E-state index contributed by atoms with van der Waals surface area (Å²) in [7, 11) is 2.49. The Kier molecular flexibility index (Phi) is 11.3. The molecule has 8 rings (SSSR count). The number of halogens is 2. The van der Waals surface area contributed by atoms with E-state index in [2.05, 4.69) is 15.1 Å². The number of H-pyrrole nitrogens is 1. The Morgan fingerprint density at radius 3 is 2.66 bits per heavy atom. The third-order valence-corrected chi connectivity index (χ3v) is 10.9. The lowest BCUT2D eigenvalue weighted by Crippen LogP contribution is -2.52. The highest BCUT2D eigenvalue weighted by atomic mass is 35.5. The molecule has 3 atom stereocenters. The van der Waals surface area contributed by atoms with Crippen molar-refractivity contribution in [2.45, 2.75) is 83.9 Å². The number of methoxy groups -OCH3 is 1. The number of aliphatic hydroxyl groups is 2. The average Bonchev–Trinajstić information content (AvgIpc) is 3.80. The first kappa shape index (κ1) is 36.4. The van der Waals surface area contributed by atoms with E-state index in [4.69, 9.17) is 45.9 Å². The number of nitrogens with zero attached hydrogens (tertiary/aromatic N) is 6. The van der Waals surface area contributed by atoms with E-state index >= 15 is 4.39 Å². The molecule has 272 valence electrons. The van der Waals surface area contributed by atoms with Crippen LogP contribution in [0.1, 0.15) is 64.4 Å². The van der Waals surface area contributed by atoms with Gasteiger partial charge in [0.25, 0.3) is 0 Å². The minimum absolute atomic E-state index is 0.0242. The number of hydrogen-bond donors (Lipinski definition) is 3. The third-order valence-electron chi connectivity index (χ3n) is 10.5. The predicted molar refractivity (Wildman–Crippen MR) is 192 cm³/mol.